The molecule has 106 valence electrons. The van der Waals surface area contributed by atoms with Gasteiger partial charge in [0.1, 0.15) is 5.69 Å². The molecular formula is C10H15N3O4S2. The molecule has 0 spiro atoms. The normalized spacial score (nSPS) is 11.7. The molecule has 0 aliphatic heterocycles. The van der Waals surface area contributed by atoms with Crippen molar-refractivity contribution in [3.8, 4) is 0 Å². The molecule has 0 saturated carbocycles. The largest absolute Gasteiger partial charge is 0.393 e. The number of nitrogen functional groups attached to an aromatic ring is 1. The first kappa shape index (κ1) is 15.7. The number of rotatable bonds is 6. The van der Waals surface area contributed by atoms with Crippen molar-refractivity contribution >= 4 is 33.2 Å². The number of hydrogen-bond donors (Lipinski definition) is 1. The van der Waals surface area contributed by atoms with Crippen molar-refractivity contribution in [3.63, 3.8) is 0 Å². The van der Waals surface area contributed by atoms with Crippen LogP contribution in [0.25, 0.3) is 0 Å². The van der Waals surface area contributed by atoms with Gasteiger partial charge in [0, 0.05) is 25.4 Å². The van der Waals surface area contributed by atoms with E-state index in [-0.39, 0.29) is 10.6 Å². The zero-order chi connectivity index (χ0) is 14.6. The molecule has 0 heterocycles. The number of nitro benzene ring substituents is 1. The summed E-state index contributed by atoms with van der Waals surface area (Å²) in [5.74, 6) is 0.646. The van der Waals surface area contributed by atoms with Crippen LogP contribution < -0.4 is 5.73 Å². The lowest BCUT2D eigenvalue weighted by atomic mass is 10.3. The Morgan fingerprint density at radius 2 is 2.11 bits per heavy atom. The van der Waals surface area contributed by atoms with Gasteiger partial charge in [-0.3, -0.25) is 10.1 Å². The van der Waals surface area contributed by atoms with Crippen LogP contribution in [0.5, 0.6) is 0 Å². The van der Waals surface area contributed by atoms with Gasteiger partial charge in [0.25, 0.3) is 5.69 Å². The molecule has 0 fully saturated rings. The summed E-state index contributed by atoms with van der Waals surface area (Å²) in [5.41, 5.74) is 4.97. The van der Waals surface area contributed by atoms with Crippen molar-refractivity contribution < 1.29 is 13.3 Å². The Bertz CT molecular complexity index is 574. The van der Waals surface area contributed by atoms with E-state index in [9.17, 15) is 18.5 Å². The number of sulfonamides is 1. The quantitative estimate of drug-likeness (QED) is 0.480. The van der Waals surface area contributed by atoms with Gasteiger partial charge in [-0.2, -0.15) is 11.8 Å². The summed E-state index contributed by atoms with van der Waals surface area (Å²) in [6, 6.07) is 3.49. The van der Waals surface area contributed by atoms with E-state index in [2.05, 4.69) is 0 Å². The predicted molar refractivity (Wildman–Crippen MR) is 75.7 cm³/mol. The van der Waals surface area contributed by atoms with Crippen LogP contribution in [0.1, 0.15) is 0 Å². The lowest BCUT2D eigenvalue weighted by molar-refractivity contribution is -0.384. The second-order valence-electron chi connectivity index (χ2n) is 3.80. The molecule has 0 bridgehead atoms. The highest BCUT2D eigenvalue weighted by Crippen LogP contribution is 2.26. The molecule has 0 amide bonds. The molecule has 9 heteroatoms. The zero-order valence-electron chi connectivity index (χ0n) is 10.6. The first-order valence-corrected chi connectivity index (χ1v) is 8.13. The van der Waals surface area contributed by atoms with Crippen LogP contribution in [0.3, 0.4) is 0 Å². The fourth-order valence-corrected chi connectivity index (χ4v) is 3.13. The molecule has 0 aliphatic rings. The molecule has 0 atom stereocenters. The number of nitro groups is 1. The monoisotopic (exact) mass is 305 g/mol. The molecule has 1 rings (SSSR count). The first-order chi connectivity index (χ1) is 8.80. The van der Waals surface area contributed by atoms with Crippen LogP contribution in [0.15, 0.2) is 23.1 Å². The highest BCUT2D eigenvalue weighted by atomic mass is 32.2. The van der Waals surface area contributed by atoms with Crippen molar-refractivity contribution in [2.75, 3.05) is 31.3 Å². The average Bonchev–Trinajstić information content (AvgIpc) is 2.35. The van der Waals surface area contributed by atoms with Crippen LogP contribution in [0.2, 0.25) is 0 Å². The van der Waals surface area contributed by atoms with E-state index in [4.69, 9.17) is 5.73 Å². The summed E-state index contributed by atoms with van der Waals surface area (Å²) in [7, 11) is -2.29. The van der Waals surface area contributed by atoms with E-state index in [1.807, 2.05) is 6.26 Å². The van der Waals surface area contributed by atoms with Crippen molar-refractivity contribution in [3.05, 3.63) is 28.3 Å². The number of benzene rings is 1. The van der Waals surface area contributed by atoms with Crippen LogP contribution in [-0.2, 0) is 10.0 Å². The van der Waals surface area contributed by atoms with E-state index in [0.29, 0.717) is 12.3 Å². The number of anilines is 1. The third-order valence-corrected chi connectivity index (χ3v) is 4.96. The molecule has 1 aromatic rings. The van der Waals surface area contributed by atoms with E-state index >= 15 is 0 Å². The Labute approximate surface area is 116 Å². The smallest absolute Gasteiger partial charge is 0.293 e. The number of thioether (sulfide) groups is 1. The third-order valence-electron chi connectivity index (χ3n) is 2.52. The van der Waals surface area contributed by atoms with Crippen molar-refractivity contribution in [1.29, 1.82) is 0 Å². The van der Waals surface area contributed by atoms with Crippen LogP contribution in [0, 0.1) is 10.1 Å². The molecule has 1 aromatic carbocycles. The molecule has 2 N–H and O–H groups in total. The van der Waals surface area contributed by atoms with Crippen molar-refractivity contribution in [2.24, 2.45) is 0 Å². The maximum Gasteiger partial charge on any atom is 0.293 e. The number of nitrogens with zero attached hydrogens (tertiary/aromatic N) is 2. The fourth-order valence-electron chi connectivity index (χ4n) is 1.36. The molecule has 0 radical (unpaired) electrons. The summed E-state index contributed by atoms with van der Waals surface area (Å²) in [4.78, 5) is 9.93. The van der Waals surface area contributed by atoms with Gasteiger partial charge >= 0.3 is 0 Å². The minimum absolute atomic E-state index is 0.0595. The second kappa shape index (κ2) is 6.22. The zero-order valence-corrected chi connectivity index (χ0v) is 12.2. The van der Waals surface area contributed by atoms with E-state index in [1.165, 1.54) is 35.2 Å². The SMILES string of the molecule is CSCCN(C)S(=O)(=O)c1ccc(N)c([N+](=O)[O-])c1. The highest BCUT2D eigenvalue weighted by Gasteiger charge is 2.24. The van der Waals surface area contributed by atoms with Gasteiger partial charge in [-0.05, 0) is 18.4 Å². The van der Waals surface area contributed by atoms with Gasteiger partial charge in [0.05, 0.1) is 9.82 Å². The van der Waals surface area contributed by atoms with Crippen LogP contribution in [-0.4, -0.2) is 43.2 Å². The molecular weight excluding hydrogens is 290 g/mol. The van der Waals surface area contributed by atoms with Crippen LogP contribution >= 0.6 is 11.8 Å². The van der Waals surface area contributed by atoms with Gasteiger partial charge < -0.3 is 5.73 Å². The minimum Gasteiger partial charge on any atom is -0.393 e. The summed E-state index contributed by atoms with van der Waals surface area (Å²) in [5, 5.41) is 10.8. The van der Waals surface area contributed by atoms with Gasteiger partial charge in [0.2, 0.25) is 10.0 Å². The standard InChI is InChI=1S/C10H15N3O4S2/c1-12(5-6-18-2)19(16,17)8-3-4-9(11)10(7-8)13(14)15/h3-4,7H,5-6,11H2,1-2H3. The topological polar surface area (TPSA) is 107 Å². The first-order valence-electron chi connectivity index (χ1n) is 5.30. The van der Waals surface area contributed by atoms with E-state index < -0.39 is 20.6 Å². The Hall–Kier alpha value is -1.32. The molecule has 19 heavy (non-hydrogen) atoms. The Morgan fingerprint density at radius 3 is 2.63 bits per heavy atom. The Balaban J connectivity index is 3.15. The van der Waals surface area contributed by atoms with Gasteiger partial charge in [-0.15, -0.1) is 0 Å². The van der Waals surface area contributed by atoms with Crippen LogP contribution in [0.4, 0.5) is 11.4 Å². The third kappa shape index (κ3) is 3.58. The number of hydrogen-bond acceptors (Lipinski definition) is 6. The predicted octanol–water partition coefficient (Wildman–Crippen LogP) is 1.16. The molecule has 0 aliphatic carbocycles. The summed E-state index contributed by atoms with van der Waals surface area (Å²) < 4.78 is 25.5. The lowest BCUT2D eigenvalue weighted by Gasteiger charge is -2.16. The Kier molecular flexibility index (Phi) is 5.15. The maximum absolute atomic E-state index is 12.2. The van der Waals surface area contributed by atoms with E-state index in [1.54, 1.807) is 0 Å². The summed E-state index contributed by atoms with van der Waals surface area (Å²) >= 11 is 1.52. The average molecular weight is 305 g/mol. The lowest BCUT2D eigenvalue weighted by Crippen LogP contribution is -2.29. The van der Waals surface area contributed by atoms with Gasteiger partial charge in [-0.1, -0.05) is 0 Å². The molecule has 0 aromatic heterocycles. The second-order valence-corrected chi connectivity index (χ2v) is 6.83. The maximum atomic E-state index is 12.2. The van der Waals surface area contributed by atoms with E-state index in [0.717, 1.165) is 6.07 Å². The van der Waals surface area contributed by atoms with Gasteiger partial charge in [0.15, 0.2) is 0 Å². The van der Waals surface area contributed by atoms with Gasteiger partial charge in [-0.25, -0.2) is 12.7 Å². The van der Waals surface area contributed by atoms with Crippen molar-refractivity contribution in [1.82, 2.24) is 4.31 Å². The molecule has 0 unspecified atom stereocenters. The highest BCUT2D eigenvalue weighted by molar-refractivity contribution is 7.98. The molecule has 7 nitrogen and oxygen atoms in total. The van der Waals surface area contributed by atoms with Crippen molar-refractivity contribution in [2.45, 2.75) is 4.90 Å². The number of nitrogens with two attached hydrogens (primary N) is 1. The fraction of sp³-hybridized carbons (Fsp3) is 0.400. The summed E-state index contributed by atoms with van der Waals surface area (Å²) in [6.45, 7) is 0.335. The minimum atomic E-state index is -3.72. The summed E-state index contributed by atoms with van der Waals surface area (Å²) in [6.07, 6.45) is 1.87. The Morgan fingerprint density at radius 1 is 1.47 bits per heavy atom. The molecule has 0 saturated heterocycles.